The normalized spacial score (nSPS) is 25.4. The van der Waals surface area contributed by atoms with Crippen LogP contribution in [0.15, 0.2) is 65.6 Å². The lowest BCUT2D eigenvalue weighted by Gasteiger charge is -2.02. The van der Waals surface area contributed by atoms with Gasteiger partial charge in [-0.2, -0.15) is 0 Å². The third-order valence-electron chi connectivity index (χ3n) is 3.76. The Balaban J connectivity index is 1.95. The second-order valence-corrected chi connectivity index (χ2v) is 6.98. The summed E-state index contributed by atoms with van der Waals surface area (Å²) in [4.78, 5) is 2.42. The Hall–Kier alpha value is -1.65. The van der Waals surface area contributed by atoms with E-state index in [1.54, 1.807) is 24.3 Å². The SMILES string of the molecule is CCN1[C@@H](c2ccccc2)[C@@H]1S(=O)(=O)c1ccccc1. The summed E-state index contributed by atoms with van der Waals surface area (Å²) in [6.45, 7) is 2.73. The first-order valence-electron chi connectivity index (χ1n) is 6.76. The van der Waals surface area contributed by atoms with Crippen molar-refractivity contribution < 1.29 is 8.42 Å². The van der Waals surface area contributed by atoms with Gasteiger partial charge in [-0.05, 0) is 24.2 Å². The van der Waals surface area contributed by atoms with Crippen LogP contribution in [-0.4, -0.2) is 25.2 Å². The summed E-state index contributed by atoms with van der Waals surface area (Å²) in [7, 11) is -3.30. The average Bonchev–Trinajstić information content (AvgIpc) is 3.24. The van der Waals surface area contributed by atoms with Crippen molar-refractivity contribution in [2.24, 2.45) is 0 Å². The van der Waals surface area contributed by atoms with Crippen LogP contribution in [0.3, 0.4) is 0 Å². The molecule has 1 aliphatic heterocycles. The summed E-state index contributed by atoms with van der Waals surface area (Å²) in [5.41, 5.74) is 1.07. The summed E-state index contributed by atoms with van der Waals surface area (Å²) >= 11 is 0. The molecule has 104 valence electrons. The number of sulfone groups is 1. The van der Waals surface area contributed by atoms with Crippen molar-refractivity contribution in [3.8, 4) is 0 Å². The van der Waals surface area contributed by atoms with Crippen LogP contribution < -0.4 is 0 Å². The molecule has 1 fully saturated rings. The minimum atomic E-state index is -3.30. The Morgan fingerprint density at radius 3 is 2.05 bits per heavy atom. The van der Waals surface area contributed by atoms with Gasteiger partial charge in [-0.25, -0.2) is 8.42 Å². The fourth-order valence-electron chi connectivity index (χ4n) is 2.73. The Morgan fingerprint density at radius 2 is 1.50 bits per heavy atom. The van der Waals surface area contributed by atoms with Crippen molar-refractivity contribution in [1.82, 2.24) is 4.90 Å². The lowest BCUT2D eigenvalue weighted by atomic mass is 10.2. The highest BCUT2D eigenvalue weighted by molar-refractivity contribution is 7.92. The van der Waals surface area contributed by atoms with E-state index in [-0.39, 0.29) is 6.04 Å². The van der Waals surface area contributed by atoms with E-state index in [1.807, 2.05) is 48.2 Å². The predicted molar refractivity (Wildman–Crippen MR) is 79.0 cm³/mol. The molecule has 2 aromatic carbocycles. The molecule has 0 spiro atoms. The third kappa shape index (κ3) is 2.15. The molecule has 0 amide bonds. The number of hydrogen-bond acceptors (Lipinski definition) is 3. The monoisotopic (exact) mass is 287 g/mol. The Morgan fingerprint density at radius 1 is 0.950 bits per heavy atom. The summed E-state index contributed by atoms with van der Waals surface area (Å²) < 4.78 is 25.4. The maximum atomic E-state index is 12.7. The van der Waals surface area contributed by atoms with Crippen molar-refractivity contribution in [3.63, 3.8) is 0 Å². The van der Waals surface area contributed by atoms with Crippen LogP contribution in [0.2, 0.25) is 0 Å². The lowest BCUT2D eigenvalue weighted by molar-refractivity contribution is 0.523. The average molecular weight is 287 g/mol. The van der Waals surface area contributed by atoms with Gasteiger partial charge in [0.25, 0.3) is 0 Å². The number of benzene rings is 2. The van der Waals surface area contributed by atoms with Crippen molar-refractivity contribution in [1.29, 1.82) is 0 Å². The largest absolute Gasteiger partial charge is 0.276 e. The Bertz CT molecular complexity index is 683. The quantitative estimate of drug-likeness (QED) is 0.811. The van der Waals surface area contributed by atoms with E-state index in [4.69, 9.17) is 0 Å². The molecule has 3 nitrogen and oxygen atoms in total. The predicted octanol–water partition coefficient (Wildman–Crippen LogP) is 2.86. The van der Waals surface area contributed by atoms with E-state index in [0.717, 1.165) is 12.1 Å². The first-order valence-corrected chi connectivity index (χ1v) is 8.30. The van der Waals surface area contributed by atoms with Gasteiger partial charge in [-0.3, -0.25) is 4.90 Å². The van der Waals surface area contributed by atoms with E-state index < -0.39 is 15.2 Å². The topological polar surface area (TPSA) is 37.1 Å². The second-order valence-electron chi connectivity index (χ2n) is 4.93. The maximum Gasteiger partial charge on any atom is 0.196 e. The zero-order valence-electron chi connectivity index (χ0n) is 11.3. The highest BCUT2D eigenvalue weighted by Gasteiger charge is 2.55. The Labute approximate surface area is 119 Å². The first-order chi connectivity index (χ1) is 9.66. The molecule has 0 N–H and O–H groups in total. The molecule has 20 heavy (non-hydrogen) atoms. The number of hydrogen-bond donors (Lipinski definition) is 0. The highest BCUT2D eigenvalue weighted by Crippen LogP contribution is 2.47. The number of nitrogens with zero attached hydrogens (tertiary/aromatic N) is 1. The van der Waals surface area contributed by atoms with E-state index in [2.05, 4.69) is 0 Å². The zero-order valence-corrected chi connectivity index (χ0v) is 12.1. The molecule has 0 bridgehead atoms. The molecular weight excluding hydrogens is 270 g/mol. The van der Waals surface area contributed by atoms with E-state index in [1.165, 1.54) is 0 Å². The summed E-state index contributed by atoms with van der Waals surface area (Å²) in [6.07, 6.45) is 0. The molecular formula is C16H17NO2S. The Kier molecular flexibility index (Phi) is 3.36. The van der Waals surface area contributed by atoms with Gasteiger partial charge < -0.3 is 0 Å². The van der Waals surface area contributed by atoms with Crippen LogP contribution >= 0.6 is 0 Å². The van der Waals surface area contributed by atoms with Gasteiger partial charge in [0.2, 0.25) is 0 Å². The van der Waals surface area contributed by atoms with Crippen LogP contribution in [0.5, 0.6) is 0 Å². The van der Waals surface area contributed by atoms with E-state index >= 15 is 0 Å². The molecule has 4 heteroatoms. The van der Waals surface area contributed by atoms with Crippen molar-refractivity contribution >= 4 is 9.84 Å². The zero-order chi connectivity index (χ0) is 14.2. The fraction of sp³-hybridized carbons (Fsp3) is 0.250. The van der Waals surface area contributed by atoms with Crippen molar-refractivity contribution in [2.45, 2.75) is 23.2 Å². The van der Waals surface area contributed by atoms with Crippen molar-refractivity contribution in [3.05, 3.63) is 66.2 Å². The van der Waals surface area contributed by atoms with Gasteiger partial charge >= 0.3 is 0 Å². The molecule has 1 saturated heterocycles. The molecule has 2 aromatic rings. The molecule has 3 atom stereocenters. The van der Waals surface area contributed by atoms with Gasteiger partial charge in [0, 0.05) is 0 Å². The van der Waals surface area contributed by atoms with Gasteiger partial charge in [-0.1, -0.05) is 55.5 Å². The minimum Gasteiger partial charge on any atom is -0.276 e. The first kappa shape index (κ1) is 13.3. The minimum absolute atomic E-state index is 0.0218. The van der Waals surface area contributed by atoms with Crippen LogP contribution in [0.1, 0.15) is 18.5 Å². The van der Waals surface area contributed by atoms with Gasteiger partial charge in [-0.15, -0.1) is 0 Å². The summed E-state index contributed by atoms with van der Waals surface area (Å²) in [6, 6.07) is 18.5. The second kappa shape index (κ2) is 5.04. The number of rotatable bonds is 4. The molecule has 0 aliphatic carbocycles. The van der Waals surface area contributed by atoms with Gasteiger partial charge in [0.15, 0.2) is 9.84 Å². The maximum absolute atomic E-state index is 12.7. The molecule has 0 radical (unpaired) electrons. The van der Waals surface area contributed by atoms with E-state index in [0.29, 0.717) is 4.90 Å². The van der Waals surface area contributed by atoms with Crippen molar-refractivity contribution in [2.75, 3.05) is 6.54 Å². The molecule has 1 heterocycles. The molecule has 3 rings (SSSR count). The summed E-state index contributed by atoms with van der Waals surface area (Å²) in [5.74, 6) is 0. The van der Waals surface area contributed by atoms with Gasteiger partial charge in [0.1, 0.15) is 5.37 Å². The number of likely N-dealkylation sites (N-methyl/N-ethyl adjacent to an activating group) is 1. The highest BCUT2D eigenvalue weighted by atomic mass is 32.2. The summed E-state index contributed by atoms with van der Waals surface area (Å²) in [5, 5.41) is -0.433. The molecule has 1 unspecified atom stereocenters. The van der Waals surface area contributed by atoms with Crippen LogP contribution in [0.25, 0.3) is 0 Å². The molecule has 1 aliphatic rings. The standard InChI is InChI=1S/C16H17NO2S/c1-2-17-15(13-9-5-3-6-10-13)16(17)20(18,19)14-11-7-4-8-12-14/h3-12,15-16H,2H2,1H3/t15-,16-,17?/m0/s1. The van der Waals surface area contributed by atoms with Crippen LogP contribution in [-0.2, 0) is 9.84 Å². The molecule has 0 saturated carbocycles. The third-order valence-corrected chi connectivity index (χ3v) is 5.85. The lowest BCUT2D eigenvalue weighted by Crippen LogP contribution is -2.13. The smallest absolute Gasteiger partial charge is 0.196 e. The van der Waals surface area contributed by atoms with Crippen LogP contribution in [0.4, 0.5) is 0 Å². The van der Waals surface area contributed by atoms with Gasteiger partial charge in [0.05, 0.1) is 10.9 Å². The van der Waals surface area contributed by atoms with Crippen LogP contribution in [0, 0.1) is 0 Å². The molecule has 0 aromatic heterocycles. The van der Waals surface area contributed by atoms with E-state index in [9.17, 15) is 8.42 Å². The fourth-order valence-corrected chi connectivity index (χ4v) is 4.77.